The average molecular weight is 590 g/mol. The summed E-state index contributed by atoms with van der Waals surface area (Å²) < 4.78 is 6.23. The quantitative estimate of drug-likeness (QED) is 0.205. The number of aryl methyl sites for hydroxylation is 1. The fraction of sp³-hybridized carbons (Fsp3) is 0.0238. The largest absolute Gasteiger partial charge is 0.456 e. The molecule has 4 heteroatoms. The molecule has 9 aromatic rings. The van der Waals surface area contributed by atoms with Crippen LogP contribution < -0.4 is 0 Å². The van der Waals surface area contributed by atoms with Crippen molar-refractivity contribution in [2.75, 3.05) is 0 Å². The Hall–Kier alpha value is -6.13. The minimum Gasteiger partial charge on any atom is -0.456 e. The van der Waals surface area contributed by atoms with Gasteiger partial charge in [-0.15, -0.1) is 0 Å². The molecule has 0 bridgehead atoms. The Balaban J connectivity index is 1.18. The van der Waals surface area contributed by atoms with Gasteiger partial charge in [0, 0.05) is 27.5 Å². The highest BCUT2D eigenvalue weighted by Gasteiger charge is 2.16. The standard InChI is InChI=1S/C42H27N3O/c1-26-13-22-36-38(23-26)46-37-12-6-11-35(39(36)37)29-16-18-30(19-17-29)40-43-41(33-20-14-27-7-2-4-9-31(27)24-33)45-42(44-40)34-21-15-28-8-3-5-10-32(28)25-34/h2-25H,1H3. The van der Waals surface area contributed by atoms with Gasteiger partial charge in [0.25, 0.3) is 0 Å². The molecular weight excluding hydrogens is 562 g/mol. The van der Waals surface area contributed by atoms with Crippen LogP contribution in [0.3, 0.4) is 0 Å². The van der Waals surface area contributed by atoms with Crippen LogP contribution in [0.1, 0.15) is 5.56 Å². The Morgan fingerprint density at radius 2 is 0.957 bits per heavy atom. The zero-order valence-corrected chi connectivity index (χ0v) is 25.1. The van der Waals surface area contributed by atoms with Crippen molar-refractivity contribution in [3.63, 3.8) is 0 Å². The highest BCUT2D eigenvalue weighted by atomic mass is 16.3. The van der Waals surface area contributed by atoms with Crippen LogP contribution in [0.2, 0.25) is 0 Å². The van der Waals surface area contributed by atoms with E-state index in [0.29, 0.717) is 17.5 Å². The molecule has 0 aliphatic carbocycles. The van der Waals surface area contributed by atoms with Crippen molar-refractivity contribution in [2.45, 2.75) is 6.92 Å². The van der Waals surface area contributed by atoms with Gasteiger partial charge >= 0.3 is 0 Å². The topological polar surface area (TPSA) is 51.8 Å². The van der Waals surface area contributed by atoms with Gasteiger partial charge in [-0.3, -0.25) is 0 Å². The first kappa shape index (κ1) is 26.3. The van der Waals surface area contributed by atoms with Crippen LogP contribution >= 0.6 is 0 Å². The smallest absolute Gasteiger partial charge is 0.164 e. The number of nitrogens with zero attached hydrogens (tertiary/aromatic N) is 3. The third-order valence-corrected chi connectivity index (χ3v) is 8.76. The molecule has 0 unspecified atom stereocenters. The molecule has 0 saturated carbocycles. The fourth-order valence-electron chi connectivity index (χ4n) is 6.39. The van der Waals surface area contributed by atoms with Crippen LogP contribution in [0.5, 0.6) is 0 Å². The second kappa shape index (κ2) is 10.5. The predicted molar refractivity (Wildman–Crippen MR) is 189 cm³/mol. The molecular formula is C42H27N3O. The van der Waals surface area contributed by atoms with Gasteiger partial charge in [0.15, 0.2) is 17.5 Å². The van der Waals surface area contributed by atoms with Crippen molar-refractivity contribution in [1.29, 1.82) is 0 Å². The predicted octanol–water partition coefficient (Wildman–Crippen LogP) is 11.1. The minimum absolute atomic E-state index is 0.635. The average Bonchev–Trinajstić information content (AvgIpc) is 3.49. The van der Waals surface area contributed by atoms with Gasteiger partial charge in [-0.25, -0.2) is 15.0 Å². The molecule has 0 N–H and O–H groups in total. The molecule has 46 heavy (non-hydrogen) atoms. The summed E-state index contributed by atoms with van der Waals surface area (Å²) in [6.45, 7) is 2.09. The summed E-state index contributed by atoms with van der Waals surface area (Å²) in [6.07, 6.45) is 0. The number of fused-ring (bicyclic) bond motifs is 5. The Kier molecular flexibility index (Phi) is 6.00. The Bertz CT molecular complexity index is 2500. The molecule has 0 aliphatic heterocycles. The lowest BCUT2D eigenvalue weighted by molar-refractivity contribution is 0.668. The monoisotopic (exact) mass is 589 g/mol. The lowest BCUT2D eigenvalue weighted by Gasteiger charge is -2.10. The molecule has 0 aliphatic rings. The molecule has 0 fully saturated rings. The molecule has 4 nitrogen and oxygen atoms in total. The highest BCUT2D eigenvalue weighted by Crippen LogP contribution is 2.37. The lowest BCUT2D eigenvalue weighted by atomic mass is 9.98. The van der Waals surface area contributed by atoms with E-state index in [4.69, 9.17) is 19.4 Å². The van der Waals surface area contributed by atoms with Crippen LogP contribution in [-0.4, -0.2) is 15.0 Å². The maximum atomic E-state index is 6.23. The third-order valence-electron chi connectivity index (χ3n) is 8.76. The summed E-state index contributed by atoms with van der Waals surface area (Å²) in [7, 11) is 0. The first-order valence-electron chi connectivity index (χ1n) is 15.4. The molecule has 9 rings (SSSR count). The molecule has 0 amide bonds. The third kappa shape index (κ3) is 4.51. The number of hydrogen-bond donors (Lipinski definition) is 0. The van der Waals surface area contributed by atoms with Crippen molar-refractivity contribution in [3.8, 4) is 45.3 Å². The molecule has 216 valence electrons. The van der Waals surface area contributed by atoms with Gasteiger partial charge in [0.05, 0.1) is 0 Å². The van der Waals surface area contributed by atoms with E-state index in [1.54, 1.807) is 0 Å². The molecule has 2 heterocycles. The van der Waals surface area contributed by atoms with E-state index in [2.05, 4.69) is 146 Å². The number of furan rings is 1. The summed E-state index contributed by atoms with van der Waals surface area (Å²) in [5.74, 6) is 1.93. The molecule has 0 radical (unpaired) electrons. The van der Waals surface area contributed by atoms with Gasteiger partial charge < -0.3 is 4.42 Å². The SMILES string of the molecule is Cc1ccc2c(c1)oc1cccc(-c3ccc(-c4nc(-c5ccc6ccccc6c5)nc(-c5ccc6ccccc6c5)n4)cc3)c12. The minimum atomic E-state index is 0.635. The van der Waals surface area contributed by atoms with Crippen LogP contribution in [-0.2, 0) is 0 Å². The van der Waals surface area contributed by atoms with Gasteiger partial charge in [0.1, 0.15) is 11.2 Å². The number of rotatable bonds is 4. The number of benzene rings is 7. The van der Waals surface area contributed by atoms with E-state index >= 15 is 0 Å². The fourth-order valence-corrected chi connectivity index (χ4v) is 6.39. The summed E-state index contributed by atoms with van der Waals surface area (Å²) in [6, 6.07) is 50.6. The zero-order chi connectivity index (χ0) is 30.6. The van der Waals surface area contributed by atoms with Crippen molar-refractivity contribution >= 4 is 43.5 Å². The van der Waals surface area contributed by atoms with E-state index in [0.717, 1.165) is 60.5 Å². The van der Waals surface area contributed by atoms with Crippen LogP contribution in [0, 0.1) is 6.92 Å². The maximum Gasteiger partial charge on any atom is 0.164 e. The molecule has 2 aromatic heterocycles. The van der Waals surface area contributed by atoms with Crippen LogP contribution in [0.4, 0.5) is 0 Å². The molecule has 0 saturated heterocycles. The summed E-state index contributed by atoms with van der Waals surface area (Å²) >= 11 is 0. The van der Waals surface area contributed by atoms with Crippen LogP contribution in [0.25, 0.3) is 88.8 Å². The first-order valence-corrected chi connectivity index (χ1v) is 15.4. The summed E-state index contributed by atoms with van der Waals surface area (Å²) in [5, 5.41) is 6.91. The Morgan fingerprint density at radius 1 is 0.413 bits per heavy atom. The van der Waals surface area contributed by atoms with Crippen molar-refractivity contribution in [1.82, 2.24) is 15.0 Å². The van der Waals surface area contributed by atoms with E-state index in [-0.39, 0.29) is 0 Å². The Morgan fingerprint density at radius 3 is 1.59 bits per heavy atom. The van der Waals surface area contributed by atoms with Crippen LogP contribution in [0.15, 0.2) is 150 Å². The first-order chi connectivity index (χ1) is 22.7. The van der Waals surface area contributed by atoms with Crippen molar-refractivity contribution in [2.24, 2.45) is 0 Å². The second-order valence-electron chi connectivity index (χ2n) is 11.8. The van der Waals surface area contributed by atoms with Gasteiger partial charge in [0.2, 0.25) is 0 Å². The molecule has 0 spiro atoms. The number of aromatic nitrogens is 3. The zero-order valence-electron chi connectivity index (χ0n) is 25.1. The van der Waals surface area contributed by atoms with Gasteiger partial charge in [-0.2, -0.15) is 0 Å². The van der Waals surface area contributed by atoms with E-state index < -0.39 is 0 Å². The van der Waals surface area contributed by atoms with E-state index in [1.807, 2.05) is 6.07 Å². The molecule has 0 atom stereocenters. The maximum absolute atomic E-state index is 6.23. The Labute approximate surface area is 265 Å². The van der Waals surface area contributed by atoms with Gasteiger partial charge in [-0.1, -0.05) is 121 Å². The summed E-state index contributed by atoms with van der Waals surface area (Å²) in [5.41, 5.74) is 8.05. The lowest BCUT2D eigenvalue weighted by Crippen LogP contribution is -2.00. The van der Waals surface area contributed by atoms with Crippen molar-refractivity contribution < 1.29 is 4.42 Å². The van der Waals surface area contributed by atoms with Crippen molar-refractivity contribution in [3.05, 3.63) is 151 Å². The van der Waals surface area contributed by atoms with Gasteiger partial charge in [-0.05, 0) is 69.4 Å². The number of hydrogen-bond acceptors (Lipinski definition) is 4. The highest BCUT2D eigenvalue weighted by molar-refractivity contribution is 6.12. The normalized spacial score (nSPS) is 11.6. The second-order valence-corrected chi connectivity index (χ2v) is 11.8. The molecule has 7 aromatic carbocycles. The van der Waals surface area contributed by atoms with E-state index in [9.17, 15) is 0 Å². The van der Waals surface area contributed by atoms with E-state index in [1.165, 1.54) is 16.3 Å². The summed E-state index contributed by atoms with van der Waals surface area (Å²) in [4.78, 5) is 15.1.